The van der Waals surface area contributed by atoms with Crippen molar-refractivity contribution in [3.63, 3.8) is 0 Å². The van der Waals surface area contributed by atoms with Crippen molar-refractivity contribution in [2.75, 3.05) is 13.2 Å². The Kier molecular flexibility index (Phi) is 10.4. The van der Waals surface area contributed by atoms with E-state index < -0.39 is 79.3 Å². The van der Waals surface area contributed by atoms with Gasteiger partial charge in [0.2, 0.25) is 0 Å². The summed E-state index contributed by atoms with van der Waals surface area (Å²) in [6, 6.07) is 0. The van der Waals surface area contributed by atoms with Crippen molar-refractivity contribution in [1.82, 2.24) is 0 Å². The highest BCUT2D eigenvalue weighted by atomic mass is 16.7. The summed E-state index contributed by atoms with van der Waals surface area (Å²) in [6.07, 6.45) is -3.99. The first-order valence-electron chi connectivity index (χ1n) is 20.5. The fourth-order valence-electron chi connectivity index (χ4n) is 13.3. The normalized spacial score (nSPS) is 58.0. The first kappa shape index (κ1) is 38.9. The van der Waals surface area contributed by atoms with Crippen molar-refractivity contribution < 1.29 is 63.5 Å². The van der Waals surface area contributed by atoms with Crippen LogP contribution in [0.3, 0.4) is 0 Å². The van der Waals surface area contributed by atoms with Crippen LogP contribution in [-0.4, -0.2) is 124 Å². The van der Waals surface area contributed by atoms with E-state index >= 15 is 0 Å². The van der Waals surface area contributed by atoms with Gasteiger partial charge in [0.15, 0.2) is 24.5 Å². The third kappa shape index (κ3) is 6.26. The summed E-state index contributed by atoms with van der Waals surface area (Å²) in [4.78, 5) is 12.1. The van der Waals surface area contributed by atoms with E-state index in [9.17, 15) is 30.3 Å². The van der Waals surface area contributed by atoms with Crippen molar-refractivity contribution >= 4 is 5.97 Å². The summed E-state index contributed by atoms with van der Waals surface area (Å²) < 4.78 is 43.7. The molecule has 0 unspecified atom stereocenters. The average Bonchev–Trinajstić information content (AvgIpc) is 3.56. The van der Waals surface area contributed by atoms with E-state index in [1.165, 1.54) is 13.8 Å². The van der Waals surface area contributed by atoms with Gasteiger partial charge in [-0.05, 0) is 98.2 Å². The topological polar surface area (TPSA) is 183 Å². The molecule has 0 aromatic carbocycles. The van der Waals surface area contributed by atoms with Crippen LogP contribution in [0, 0.1) is 52.3 Å². The zero-order valence-electron chi connectivity index (χ0n) is 32.2. The summed E-state index contributed by atoms with van der Waals surface area (Å²) in [5.41, 5.74) is -0.136. The van der Waals surface area contributed by atoms with Gasteiger partial charge in [-0.15, -0.1) is 0 Å². The predicted molar refractivity (Wildman–Crippen MR) is 187 cm³/mol. The van der Waals surface area contributed by atoms with Crippen LogP contribution in [-0.2, 0) is 38.0 Å². The van der Waals surface area contributed by atoms with Gasteiger partial charge < -0.3 is 58.7 Å². The Labute approximate surface area is 313 Å². The lowest BCUT2D eigenvalue weighted by atomic mass is 9.43. The van der Waals surface area contributed by atoms with Crippen molar-refractivity contribution in [2.24, 2.45) is 52.3 Å². The number of aliphatic hydroxyl groups is 5. The minimum Gasteiger partial charge on any atom is -0.457 e. The number of hydrogen-bond donors (Lipinski definition) is 5. The Morgan fingerprint density at radius 1 is 0.792 bits per heavy atom. The lowest BCUT2D eigenvalue weighted by Crippen LogP contribution is -2.64. The highest BCUT2D eigenvalue weighted by Crippen LogP contribution is 2.71. The number of aliphatic hydroxyl groups excluding tert-OH is 5. The molecule has 5 N–H and O–H groups in total. The molecule has 4 saturated carbocycles. The smallest absolute Gasteiger partial charge is 0.303 e. The first-order valence-corrected chi connectivity index (χ1v) is 20.5. The molecule has 1 spiro atoms. The van der Waals surface area contributed by atoms with Crippen LogP contribution in [0.25, 0.3) is 0 Å². The lowest BCUT2D eigenvalue weighted by molar-refractivity contribution is -0.356. The van der Waals surface area contributed by atoms with E-state index in [4.69, 9.17) is 33.2 Å². The van der Waals surface area contributed by atoms with E-state index in [1.807, 2.05) is 0 Å². The van der Waals surface area contributed by atoms with E-state index in [-0.39, 0.29) is 29.5 Å². The molecule has 8 fully saturated rings. The fourth-order valence-corrected chi connectivity index (χ4v) is 13.3. The number of fused-ring (bicyclic) bond motifs is 7. The average molecular weight is 753 g/mol. The maximum absolute atomic E-state index is 12.1. The van der Waals surface area contributed by atoms with Gasteiger partial charge >= 0.3 is 5.97 Å². The van der Waals surface area contributed by atoms with Crippen molar-refractivity contribution in [2.45, 2.75) is 179 Å². The summed E-state index contributed by atoms with van der Waals surface area (Å²) in [6.45, 7) is 12.9. The first-order chi connectivity index (χ1) is 25.1. The maximum Gasteiger partial charge on any atom is 0.303 e. The van der Waals surface area contributed by atoms with E-state index in [2.05, 4.69) is 27.7 Å². The minimum atomic E-state index is -1.62. The number of ether oxygens (including phenoxy) is 7. The second-order valence-corrected chi connectivity index (χ2v) is 18.9. The molecule has 53 heavy (non-hydrogen) atoms. The monoisotopic (exact) mass is 752 g/mol. The molecule has 0 bridgehead atoms. The molecule has 4 saturated heterocycles. The molecule has 22 atom stereocenters. The number of carbonyl (C=O) groups is 1. The molecule has 4 aliphatic heterocycles. The van der Waals surface area contributed by atoms with Gasteiger partial charge in [-0.2, -0.15) is 0 Å². The number of hydrogen-bond acceptors (Lipinski definition) is 13. The molecular formula is C40H64O13. The van der Waals surface area contributed by atoms with Gasteiger partial charge in [0, 0.05) is 25.7 Å². The Hall–Kier alpha value is -0.970. The van der Waals surface area contributed by atoms with Crippen LogP contribution in [0.4, 0.5) is 0 Å². The molecule has 13 nitrogen and oxygen atoms in total. The Balaban J connectivity index is 1.01. The number of esters is 1. The summed E-state index contributed by atoms with van der Waals surface area (Å²) in [7, 11) is 0. The number of rotatable bonds is 5. The minimum absolute atomic E-state index is 0.150. The summed E-state index contributed by atoms with van der Waals surface area (Å²) in [5, 5.41) is 54.4. The molecule has 0 aromatic rings. The molecule has 0 aromatic heterocycles. The van der Waals surface area contributed by atoms with Crippen LogP contribution >= 0.6 is 0 Å². The third-order valence-electron chi connectivity index (χ3n) is 16.1. The van der Waals surface area contributed by atoms with Gasteiger partial charge in [-0.1, -0.05) is 27.7 Å². The van der Waals surface area contributed by atoms with Crippen LogP contribution in [0.2, 0.25) is 0 Å². The van der Waals surface area contributed by atoms with E-state index in [0.29, 0.717) is 48.3 Å². The maximum atomic E-state index is 12.1. The van der Waals surface area contributed by atoms with Gasteiger partial charge in [-0.25, -0.2) is 0 Å². The van der Waals surface area contributed by atoms with Gasteiger partial charge in [0.1, 0.15) is 30.5 Å². The van der Waals surface area contributed by atoms with Crippen LogP contribution < -0.4 is 0 Å². The molecule has 8 rings (SSSR count). The predicted octanol–water partition coefficient (Wildman–Crippen LogP) is 2.65. The zero-order valence-corrected chi connectivity index (χ0v) is 32.2. The van der Waals surface area contributed by atoms with Crippen LogP contribution in [0.5, 0.6) is 0 Å². The molecule has 0 amide bonds. The summed E-state index contributed by atoms with van der Waals surface area (Å²) >= 11 is 0. The Morgan fingerprint density at radius 3 is 2.28 bits per heavy atom. The van der Waals surface area contributed by atoms with E-state index in [1.54, 1.807) is 0 Å². The zero-order chi connectivity index (χ0) is 37.8. The Morgan fingerprint density at radius 2 is 1.57 bits per heavy atom. The SMILES string of the molecule is CC(=O)O[C@H]1CO[C@@H](O[C@@H]2C[C@H](O)C[C@@H]3CC[C@H]4[C@@H]5C[C@@H]6O[C@]7(CC[C@@H](C)CO7)[C@@H](C)[C@@H]6[C@@]5(C)CC[C@@H]4[C@]32C)[C@H](O)[C@H]1O[C@@H]1O[C@@H](C)[C@H](O)[C@@H](O)[C@H]1O. The van der Waals surface area contributed by atoms with Gasteiger partial charge in [0.25, 0.3) is 0 Å². The van der Waals surface area contributed by atoms with Gasteiger partial charge in [-0.3, -0.25) is 4.79 Å². The molecule has 0 radical (unpaired) electrons. The fraction of sp³-hybridized carbons (Fsp3) is 0.975. The lowest BCUT2D eigenvalue weighted by Gasteiger charge is -2.63. The van der Waals surface area contributed by atoms with Gasteiger partial charge in [0.05, 0.1) is 37.6 Å². The highest BCUT2D eigenvalue weighted by molar-refractivity contribution is 5.66. The van der Waals surface area contributed by atoms with Crippen LogP contribution in [0.15, 0.2) is 0 Å². The highest BCUT2D eigenvalue weighted by Gasteiger charge is 2.70. The van der Waals surface area contributed by atoms with Crippen molar-refractivity contribution in [1.29, 1.82) is 0 Å². The van der Waals surface area contributed by atoms with Crippen molar-refractivity contribution in [3.8, 4) is 0 Å². The van der Waals surface area contributed by atoms with Crippen molar-refractivity contribution in [3.05, 3.63) is 0 Å². The second kappa shape index (κ2) is 14.1. The largest absolute Gasteiger partial charge is 0.457 e. The molecule has 13 heteroatoms. The molecule has 302 valence electrons. The molecule has 4 aliphatic carbocycles. The number of carbonyl (C=O) groups excluding carboxylic acids is 1. The summed E-state index contributed by atoms with van der Waals surface area (Å²) in [5.74, 6) is 1.89. The molecule has 4 heterocycles. The molecular weight excluding hydrogens is 688 g/mol. The quantitative estimate of drug-likeness (QED) is 0.259. The molecule has 8 aliphatic rings. The standard InChI is InChI=1S/C40H64O13/c1-18-9-12-40(48-16-18)19(2)30-27(53-40)15-26-24-8-7-22-13-23(42)14-29(39(22,6)25(24)10-11-38(26,30)5)51-36-34(46)35(28(17-47-36)50-21(4)41)52-37-33(45)32(44)31(43)20(3)49-37/h18-20,22-37,42-46H,7-17H2,1-6H3/t18-,19+,20+,22+,23-,24-,25+,26+,27+,28+,29-,30+,31+,32-,33-,34-,35+,36+,37+,38+,39+,40-/m1/s1. The Bertz CT molecular complexity index is 1340. The third-order valence-corrected chi connectivity index (χ3v) is 16.1. The second-order valence-electron chi connectivity index (χ2n) is 18.9. The van der Waals surface area contributed by atoms with Crippen LogP contribution in [0.1, 0.15) is 99.3 Å². The van der Waals surface area contributed by atoms with E-state index in [0.717, 1.165) is 51.6 Å².